The van der Waals surface area contributed by atoms with Crippen LogP contribution in [0.2, 0.25) is 0 Å². The molecule has 1 aromatic carbocycles. The van der Waals surface area contributed by atoms with Gasteiger partial charge in [-0.3, -0.25) is 4.79 Å². The second-order valence-electron chi connectivity index (χ2n) is 7.98. The molecule has 0 heterocycles. The van der Waals surface area contributed by atoms with E-state index < -0.39 is 0 Å². The van der Waals surface area contributed by atoms with Crippen molar-refractivity contribution in [2.75, 3.05) is 7.11 Å². The molecule has 0 saturated heterocycles. The molecule has 0 aliphatic heterocycles. The largest absolute Gasteiger partial charge is 0.504 e. The van der Waals surface area contributed by atoms with Gasteiger partial charge in [-0.2, -0.15) is 0 Å². The number of phenols is 1. The van der Waals surface area contributed by atoms with E-state index in [-0.39, 0.29) is 28.3 Å². The summed E-state index contributed by atoms with van der Waals surface area (Å²) in [5, 5.41) is 10.3. The van der Waals surface area contributed by atoms with Crippen molar-refractivity contribution in [1.29, 1.82) is 0 Å². The molecule has 0 aromatic heterocycles. The summed E-state index contributed by atoms with van der Waals surface area (Å²) in [5.41, 5.74) is 1.93. The Bertz CT molecular complexity index is 776. The van der Waals surface area contributed by atoms with Crippen molar-refractivity contribution in [3.8, 4) is 11.5 Å². The van der Waals surface area contributed by atoms with Gasteiger partial charge in [0.1, 0.15) is 0 Å². The number of phenolic OH excluding ortho intramolecular Hbond substituents is 1. The van der Waals surface area contributed by atoms with Crippen LogP contribution in [0, 0.1) is 10.8 Å². The fraction of sp³-hybridized carbons (Fsp3) is 0.476. The van der Waals surface area contributed by atoms with Crippen molar-refractivity contribution in [3.05, 3.63) is 46.0 Å². The highest BCUT2D eigenvalue weighted by Gasteiger charge is 2.49. The predicted molar refractivity (Wildman–Crippen MR) is 103 cm³/mol. The summed E-state index contributed by atoms with van der Waals surface area (Å²) in [5.74, 6) is 0.211. The molecular formula is C21H25BrO3. The number of hydrogen-bond donors (Lipinski definition) is 1. The van der Waals surface area contributed by atoms with Crippen LogP contribution in [0.15, 0.2) is 40.4 Å². The Morgan fingerprint density at radius 2 is 1.96 bits per heavy atom. The minimum absolute atomic E-state index is 0.0567. The number of rotatable bonds is 2. The van der Waals surface area contributed by atoms with Gasteiger partial charge >= 0.3 is 0 Å². The zero-order valence-corrected chi connectivity index (χ0v) is 16.8. The molecule has 3 nitrogen and oxygen atoms in total. The first kappa shape index (κ1) is 18.2. The minimum atomic E-state index is -0.330. The van der Waals surface area contributed by atoms with Gasteiger partial charge < -0.3 is 9.84 Å². The van der Waals surface area contributed by atoms with Crippen molar-refractivity contribution in [1.82, 2.24) is 0 Å². The summed E-state index contributed by atoms with van der Waals surface area (Å²) >= 11 is 3.59. The van der Waals surface area contributed by atoms with Gasteiger partial charge in [0.15, 0.2) is 17.3 Å². The van der Waals surface area contributed by atoms with Crippen LogP contribution < -0.4 is 4.74 Å². The van der Waals surface area contributed by atoms with E-state index in [1.165, 1.54) is 12.7 Å². The lowest BCUT2D eigenvalue weighted by Crippen LogP contribution is -2.40. The lowest BCUT2D eigenvalue weighted by atomic mass is 9.54. The number of hydrogen-bond acceptors (Lipinski definition) is 3. The summed E-state index contributed by atoms with van der Waals surface area (Å²) < 4.78 is 5.99. The molecule has 2 atom stereocenters. The number of methoxy groups -OCH3 is 1. The molecule has 0 amide bonds. The number of aromatic hydroxyl groups is 1. The molecule has 2 aliphatic rings. The topological polar surface area (TPSA) is 46.5 Å². The molecule has 2 aliphatic carbocycles. The molecule has 0 unspecified atom stereocenters. The van der Waals surface area contributed by atoms with Crippen molar-refractivity contribution >= 4 is 21.7 Å². The van der Waals surface area contributed by atoms with Crippen LogP contribution in [0.1, 0.15) is 51.5 Å². The maximum atomic E-state index is 13.0. The van der Waals surface area contributed by atoms with E-state index in [0.29, 0.717) is 5.75 Å². The molecule has 1 fully saturated rings. The number of benzene rings is 1. The molecular weight excluding hydrogens is 380 g/mol. The first-order valence-electron chi connectivity index (χ1n) is 8.70. The van der Waals surface area contributed by atoms with E-state index in [1.54, 1.807) is 18.2 Å². The molecule has 0 bridgehead atoms. The number of fused-ring (bicyclic) bond motifs is 1. The van der Waals surface area contributed by atoms with Crippen molar-refractivity contribution in [3.63, 3.8) is 0 Å². The summed E-state index contributed by atoms with van der Waals surface area (Å²) in [6, 6.07) is 3.42. The molecule has 1 aromatic rings. The van der Waals surface area contributed by atoms with Gasteiger partial charge in [0.05, 0.1) is 13.0 Å². The zero-order chi connectivity index (χ0) is 18.4. The van der Waals surface area contributed by atoms with Gasteiger partial charge in [0, 0.05) is 9.89 Å². The maximum absolute atomic E-state index is 13.0. The predicted octanol–water partition coefficient (Wildman–Crippen LogP) is 5.53. The lowest BCUT2D eigenvalue weighted by molar-refractivity contribution is -0.118. The summed E-state index contributed by atoms with van der Waals surface area (Å²) in [4.78, 5) is 13.0. The molecule has 4 heteroatoms. The first-order valence-corrected chi connectivity index (χ1v) is 9.49. The Kier molecular flexibility index (Phi) is 4.61. The summed E-state index contributed by atoms with van der Waals surface area (Å²) in [6.07, 6.45) is 8.86. The van der Waals surface area contributed by atoms with Gasteiger partial charge in [0.2, 0.25) is 0 Å². The lowest BCUT2D eigenvalue weighted by Gasteiger charge is -2.49. The van der Waals surface area contributed by atoms with Gasteiger partial charge in [-0.15, -0.1) is 0 Å². The molecule has 3 rings (SSSR count). The van der Waals surface area contributed by atoms with E-state index in [4.69, 9.17) is 4.74 Å². The van der Waals surface area contributed by atoms with Gasteiger partial charge in [0.25, 0.3) is 0 Å². The van der Waals surface area contributed by atoms with E-state index in [2.05, 4.69) is 42.8 Å². The SMILES string of the molecule is COc1cc(Br)c([C@@H]2C(=O)C=CC=C3C(C)(C)CCC[C@@]32C)cc1O. The highest BCUT2D eigenvalue weighted by molar-refractivity contribution is 9.10. The third-order valence-corrected chi connectivity index (χ3v) is 6.58. The number of carbonyl (C=O) groups is 1. The number of halogens is 1. The Balaban J connectivity index is 2.20. The summed E-state index contributed by atoms with van der Waals surface area (Å²) in [6.45, 7) is 6.72. The second-order valence-corrected chi connectivity index (χ2v) is 8.83. The molecule has 134 valence electrons. The first-order chi connectivity index (χ1) is 11.7. The average molecular weight is 405 g/mol. The Morgan fingerprint density at radius 1 is 1.24 bits per heavy atom. The van der Waals surface area contributed by atoms with E-state index >= 15 is 0 Å². The van der Waals surface area contributed by atoms with Crippen LogP contribution in [0.3, 0.4) is 0 Å². The number of allylic oxidation sites excluding steroid dienone is 4. The zero-order valence-electron chi connectivity index (χ0n) is 15.2. The van der Waals surface area contributed by atoms with Gasteiger partial charge in [-0.05, 0) is 42.0 Å². The van der Waals surface area contributed by atoms with Crippen molar-refractivity contribution < 1.29 is 14.6 Å². The van der Waals surface area contributed by atoms with Crippen molar-refractivity contribution in [2.24, 2.45) is 10.8 Å². The highest BCUT2D eigenvalue weighted by atomic mass is 79.9. The third-order valence-electron chi connectivity index (χ3n) is 5.90. The van der Waals surface area contributed by atoms with Gasteiger partial charge in [-0.25, -0.2) is 0 Å². The molecule has 1 N–H and O–H groups in total. The third kappa shape index (κ3) is 2.95. The normalized spacial score (nSPS) is 28.1. The fourth-order valence-electron chi connectivity index (χ4n) is 4.75. The van der Waals surface area contributed by atoms with Crippen LogP contribution in [-0.4, -0.2) is 18.0 Å². The van der Waals surface area contributed by atoms with Gasteiger partial charge in [-0.1, -0.05) is 60.8 Å². The van der Waals surface area contributed by atoms with E-state index in [1.807, 2.05) is 6.08 Å². The highest BCUT2D eigenvalue weighted by Crippen LogP contribution is 2.59. The second kappa shape index (κ2) is 6.31. The molecule has 25 heavy (non-hydrogen) atoms. The summed E-state index contributed by atoms with van der Waals surface area (Å²) in [7, 11) is 1.52. The molecule has 0 radical (unpaired) electrons. The standard InChI is InChI=1S/C21H25BrO3/c1-20(2)9-6-10-21(3)18(20)8-5-7-15(23)19(21)13-11-16(24)17(25-4)12-14(13)22/h5,7-8,11-12,19,24H,6,9-10H2,1-4H3/t19-,21+/m1/s1. The molecule has 1 saturated carbocycles. The quantitative estimate of drug-likeness (QED) is 0.704. The Labute approximate surface area is 157 Å². The average Bonchev–Trinajstić information content (AvgIpc) is 2.66. The van der Waals surface area contributed by atoms with Crippen LogP contribution >= 0.6 is 15.9 Å². The van der Waals surface area contributed by atoms with Crippen LogP contribution in [0.5, 0.6) is 11.5 Å². The Morgan fingerprint density at radius 3 is 2.64 bits per heavy atom. The number of carbonyl (C=O) groups excluding carboxylic acids is 1. The van der Waals surface area contributed by atoms with E-state index in [9.17, 15) is 9.90 Å². The van der Waals surface area contributed by atoms with Crippen molar-refractivity contribution in [2.45, 2.75) is 46.0 Å². The van der Waals surface area contributed by atoms with Crippen LogP contribution in [-0.2, 0) is 4.79 Å². The fourth-order valence-corrected chi connectivity index (χ4v) is 5.30. The van der Waals surface area contributed by atoms with Crippen LogP contribution in [0.4, 0.5) is 0 Å². The van der Waals surface area contributed by atoms with Crippen LogP contribution in [0.25, 0.3) is 0 Å². The monoisotopic (exact) mass is 404 g/mol. The molecule has 0 spiro atoms. The number of ketones is 1. The number of ether oxygens (including phenoxy) is 1. The maximum Gasteiger partial charge on any atom is 0.164 e. The minimum Gasteiger partial charge on any atom is -0.504 e. The smallest absolute Gasteiger partial charge is 0.164 e. The van der Waals surface area contributed by atoms with E-state index in [0.717, 1.165) is 29.3 Å². The Hall–Kier alpha value is -1.55.